The number of anilines is 1. The number of carbonyl (C=O) groups is 3. The first-order valence-electron chi connectivity index (χ1n) is 13.2. The van der Waals surface area contributed by atoms with E-state index in [0.29, 0.717) is 23.7 Å². The maximum absolute atomic E-state index is 13.2. The lowest BCUT2D eigenvalue weighted by Crippen LogP contribution is -2.32. The van der Waals surface area contributed by atoms with Gasteiger partial charge in [0.15, 0.2) is 6.61 Å². The number of ether oxygens (including phenoxy) is 3. The molecule has 0 atom stereocenters. The molecule has 39 heavy (non-hydrogen) atoms. The van der Waals surface area contributed by atoms with Crippen LogP contribution in [0.5, 0.6) is 5.75 Å². The maximum atomic E-state index is 13.2. The van der Waals surface area contributed by atoms with Gasteiger partial charge in [0.1, 0.15) is 16.3 Å². The standard InChI is InChI=1S/C27H34N2O8S2/c1-3-36-27(32)24-19-10-6-7-11-22(19)38-25(24)28-23(30)17-37-26(31)20-16-18(12-13-21(20)35-2)39(33,34)29-14-8-4-5-9-15-29/h12-13,16H,3-11,14-15,17H2,1-2H3,(H,28,30). The molecule has 1 aliphatic heterocycles. The lowest BCUT2D eigenvalue weighted by molar-refractivity contribution is -0.119. The van der Waals surface area contributed by atoms with Crippen LogP contribution < -0.4 is 10.1 Å². The normalized spacial score (nSPS) is 16.1. The number of benzene rings is 1. The van der Waals surface area contributed by atoms with Gasteiger partial charge in [-0.05, 0) is 69.2 Å². The number of nitrogens with zero attached hydrogens (tertiary/aromatic N) is 1. The van der Waals surface area contributed by atoms with E-state index in [-0.39, 0.29) is 22.8 Å². The zero-order valence-electron chi connectivity index (χ0n) is 22.2. The number of hydrogen-bond acceptors (Lipinski definition) is 9. The van der Waals surface area contributed by atoms with E-state index in [1.165, 1.54) is 41.0 Å². The molecule has 1 amide bonds. The summed E-state index contributed by atoms with van der Waals surface area (Å²) in [5, 5.41) is 3.07. The molecular weight excluding hydrogens is 544 g/mol. The summed E-state index contributed by atoms with van der Waals surface area (Å²) in [6, 6.07) is 4.03. The van der Waals surface area contributed by atoms with Crippen LogP contribution in [0.3, 0.4) is 0 Å². The van der Waals surface area contributed by atoms with Crippen LogP contribution in [0.4, 0.5) is 5.00 Å². The quantitative estimate of drug-likeness (QED) is 0.439. The van der Waals surface area contributed by atoms with Crippen molar-refractivity contribution in [2.24, 2.45) is 0 Å². The van der Waals surface area contributed by atoms with E-state index in [1.54, 1.807) is 6.92 Å². The van der Waals surface area contributed by atoms with E-state index >= 15 is 0 Å². The number of rotatable bonds is 9. The highest BCUT2D eigenvalue weighted by Crippen LogP contribution is 2.38. The van der Waals surface area contributed by atoms with Gasteiger partial charge in [-0.25, -0.2) is 18.0 Å². The first-order valence-corrected chi connectivity index (χ1v) is 15.5. The number of amides is 1. The molecule has 0 unspecified atom stereocenters. The Balaban J connectivity index is 1.48. The smallest absolute Gasteiger partial charge is 0.342 e. The zero-order chi connectivity index (χ0) is 28.0. The molecule has 0 saturated carbocycles. The van der Waals surface area contributed by atoms with Gasteiger partial charge in [-0.3, -0.25) is 4.79 Å². The van der Waals surface area contributed by atoms with Gasteiger partial charge in [-0.2, -0.15) is 4.31 Å². The summed E-state index contributed by atoms with van der Waals surface area (Å²) < 4.78 is 43.6. The predicted molar refractivity (Wildman–Crippen MR) is 146 cm³/mol. The Hall–Kier alpha value is -2.96. The molecule has 1 N–H and O–H groups in total. The van der Waals surface area contributed by atoms with Crippen LogP contribution in [0.1, 0.15) is 76.6 Å². The maximum Gasteiger partial charge on any atom is 0.342 e. The molecule has 0 bridgehead atoms. The zero-order valence-corrected chi connectivity index (χ0v) is 23.9. The van der Waals surface area contributed by atoms with Crippen LogP contribution in [-0.2, 0) is 37.1 Å². The summed E-state index contributed by atoms with van der Waals surface area (Å²) in [6.45, 7) is 2.15. The van der Waals surface area contributed by atoms with Gasteiger partial charge in [0.2, 0.25) is 10.0 Å². The SMILES string of the molecule is CCOC(=O)c1c(NC(=O)COC(=O)c2cc(S(=O)(=O)N3CCCCCC3)ccc2OC)sc2c1CCCC2. The van der Waals surface area contributed by atoms with Crippen LogP contribution in [-0.4, -0.2) is 64.0 Å². The summed E-state index contributed by atoms with van der Waals surface area (Å²) in [4.78, 5) is 39.3. The van der Waals surface area contributed by atoms with Gasteiger partial charge in [-0.1, -0.05) is 12.8 Å². The molecule has 10 nitrogen and oxygen atoms in total. The molecule has 2 aliphatic rings. The van der Waals surface area contributed by atoms with E-state index in [0.717, 1.165) is 61.8 Å². The second-order valence-electron chi connectivity index (χ2n) is 9.44. The Morgan fingerprint density at radius 2 is 1.69 bits per heavy atom. The topological polar surface area (TPSA) is 128 Å². The number of methoxy groups -OCH3 is 1. The Morgan fingerprint density at radius 3 is 2.38 bits per heavy atom. The van der Waals surface area contributed by atoms with Gasteiger partial charge >= 0.3 is 11.9 Å². The fraction of sp³-hybridized carbons (Fsp3) is 0.519. The minimum Gasteiger partial charge on any atom is -0.496 e. The molecule has 2 heterocycles. The minimum atomic E-state index is -3.81. The number of fused-ring (bicyclic) bond motifs is 1. The van der Waals surface area contributed by atoms with E-state index in [1.807, 2.05) is 0 Å². The summed E-state index contributed by atoms with van der Waals surface area (Å²) in [7, 11) is -2.45. The molecule has 212 valence electrons. The fourth-order valence-electron chi connectivity index (χ4n) is 4.88. The fourth-order valence-corrected chi connectivity index (χ4v) is 7.72. The number of esters is 2. The number of hydrogen-bond donors (Lipinski definition) is 1. The molecule has 1 saturated heterocycles. The number of nitrogens with one attached hydrogen (secondary N) is 1. The van der Waals surface area contributed by atoms with Crippen molar-refractivity contribution >= 4 is 44.2 Å². The third kappa shape index (κ3) is 6.62. The average molecular weight is 579 g/mol. The first kappa shape index (κ1) is 29.0. The van der Waals surface area contributed by atoms with Crippen LogP contribution >= 0.6 is 11.3 Å². The summed E-state index contributed by atoms with van der Waals surface area (Å²) in [6.07, 6.45) is 7.04. The molecule has 12 heteroatoms. The molecule has 1 fully saturated rings. The predicted octanol–water partition coefficient (Wildman–Crippen LogP) is 4.17. The second-order valence-corrected chi connectivity index (χ2v) is 12.5. The Morgan fingerprint density at radius 1 is 0.974 bits per heavy atom. The Labute approximate surface area is 232 Å². The molecular formula is C27H34N2O8S2. The minimum absolute atomic E-state index is 0.0372. The van der Waals surface area contributed by atoms with Crippen molar-refractivity contribution in [2.75, 3.05) is 38.7 Å². The van der Waals surface area contributed by atoms with Gasteiger partial charge < -0.3 is 19.5 Å². The lowest BCUT2D eigenvalue weighted by Gasteiger charge is -2.20. The van der Waals surface area contributed by atoms with Crippen molar-refractivity contribution in [3.63, 3.8) is 0 Å². The van der Waals surface area contributed by atoms with Crippen molar-refractivity contribution in [3.05, 3.63) is 39.8 Å². The third-order valence-electron chi connectivity index (χ3n) is 6.83. The van der Waals surface area contributed by atoms with Gasteiger partial charge in [-0.15, -0.1) is 11.3 Å². The van der Waals surface area contributed by atoms with Crippen LogP contribution in [0.15, 0.2) is 23.1 Å². The Kier molecular flexibility index (Phi) is 9.62. The van der Waals surface area contributed by atoms with Crippen molar-refractivity contribution in [2.45, 2.75) is 63.2 Å². The van der Waals surface area contributed by atoms with Crippen molar-refractivity contribution in [1.29, 1.82) is 0 Å². The van der Waals surface area contributed by atoms with E-state index in [2.05, 4.69) is 5.32 Å². The van der Waals surface area contributed by atoms with Crippen molar-refractivity contribution < 1.29 is 37.0 Å². The summed E-state index contributed by atoms with van der Waals surface area (Å²) in [5.41, 5.74) is 1.17. The highest BCUT2D eigenvalue weighted by molar-refractivity contribution is 7.89. The van der Waals surface area contributed by atoms with Crippen LogP contribution in [0.2, 0.25) is 0 Å². The van der Waals surface area contributed by atoms with Crippen molar-refractivity contribution in [3.8, 4) is 5.75 Å². The molecule has 1 aromatic carbocycles. The highest BCUT2D eigenvalue weighted by atomic mass is 32.2. The lowest BCUT2D eigenvalue weighted by atomic mass is 9.95. The van der Waals surface area contributed by atoms with Crippen molar-refractivity contribution in [1.82, 2.24) is 4.31 Å². The summed E-state index contributed by atoms with van der Waals surface area (Å²) in [5.74, 6) is -1.88. The number of sulfonamides is 1. The van der Waals surface area contributed by atoms with Crippen LogP contribution in [0, 0.1) is 0 Å². The van der Waals surface area contributed by atoms with E-state index in [9.17, 15) is 22.8 Å². The van der Waals surface area contributed by atoms with Gasteiger partial charge in [0.25, 0.3) is 5.91 Å². The Bertz CT molecular complexity index is 1330. The van der Waals surface area contributed by atoms with E-state index < -0.39 is 34.5 Å². The van der Waals surface area contributed by atoms with E-state index in [4.69, 9.17) is 14.2 Å². The van der Waals surface area contributed by atoms with Crippen LogP contribution in [0.25, 0.3) is 0 Å². The molecule has 1 aromatic heterocycles. The number of thiophene rings is 1. The molecule has 0 spiro atoms. The summed E-state index contributed by atoms with van der Waals surface area (Å²) >= 11 is 1.34. The molecule has 1 aliphatic carbocycles. The molecule has 0 radical (unpaired) electrons. The number of carbonyl (C=O) groups excluding carboxylic acids is 3. The largest absolute Gasteiger partial charge is 0.496 e. The van der Waals surface area contributed by atoms with Gasteiger partial charge in [0.05, 0.1) is 24.2 Å². The van der Waals surface area contributed by atoms with Gasteiger partial charge in [0, 0.05) is 18.0 Å². The number of aryl methyl sites for hydroxylation is 1. The third-order valence-corrected chi connectivity index (χ3v) is 9.93. The first-order chi connectivity index (χ1) is 18.8. The average Bonchev–Trinajstić information content (AvgIpc) is 3.08. The molecule has 4 rings (SSSR count). The highest BCUT2D eigenvalue weighted by Gasteiger charge is 2.29. The monoisotopic (exact) mass is 578 g/mol. The second kappa shape index (κ2) is 12.9. The molecule has 2 aromatic rings.